The van der Waals surface area contributed by atoms with E-state index in [0.29, 0.717) is 16.3 Å². The first-order valence-corrected chi connectivity index (χ1v) is 10.9. The van der Waals surface area contributed by atoms with Gasteiger partial charge in [-0.2, -0.15) is 5.26 Å². The molecule has 0 radical (unpaired) electrons. The summed E-state index contributed by atoms with van der Waals surface area (Å²) >= 11 is 8.95. The number of hydrogen-bond acceptors (Lipinski definition) is 6. The fourth-order valence-corrected chi connectivity index (χ4v) is 5.21. The maximum Gasteiger partial charge on any atom is 0.233 e. The third-order valence-electron chi connectivity index (χ3n) is 4.49. The average molecular weight is 421 g/mol. The molecule has 3 heterocycles. The fraction of sp³-hybridized carbons (Fsp3) is 0.421. The van der Waals surface area contributed by atoms with Gasteiger partial charge in [-0.1, -0.05) is 23.4 Å². The van der Waals surface area contributed by atoms with E-state index in [1.807, 2.05) is 30.9 Å². The summed E-state index contributed by atoms with van der Waals surface area (Å²) in [7, 11) is 0. The Kier molecular flexibility index (Phi) is 6.77. The highest BCUT2D eigenvalue weighted by Gasteiger charge is 2.22. The Hall–Kier alpha value is -1.59. The highest BCUT2D eigenvalue weighted by molar-refractivity contribution is 8.00. The second-order valence-corrected chi connectivity index (χ2v) is 9.29. The van der Waals surface area contributed by atoms with Crippen molar-refractivity contribution in [3.8, 4) is 6.07 Å². The summed E-state index contributed by atoms with van der Waals surface area (Å²) in [4.78, 5) is 22.5. The summed E-state index contributed by atoms with van der Waals surface area (Å²) in [6, 6.07) is 8.08. The molecule has 142 valence electrons. The fourth-order valence-electron chi connectivity index (χ4n) is 3.08. The van der Waals surface area contributed by atoms with Gasteiger partial charge in [0, 0.05) is 43.3 Å². The van der Waals surface area contributed by atoms with Crippen molar-refractivity contribution in [2.45, 2.75) is 25.4 Å². The van der Waals surface area contributed by atoms with E-state index >= 15 is 0 Å². The standard InChI is InChI=1S/C19H21ClN4OS2/c1-13-9-14(2)22-19(16(13)10-21)26-12-18(25)24-7-5-23(6-8-24)11-15-3-4-17(20)27-15/h3-4,9H,5-8,11-12H2,1-2H3. The van der Waals surface area contributed by atoms with Crippen LogP contribution in [0.15, 0.2) is 23.2 Å². The van der Waals surface area contributed by atoms with Crippen LogP contribution in [0.1, 0.15) is 21.7 Å². The van der Waals surface area contributed by atoms with Gasteiger partial charge in [-0.15, -0.1) is 11.3 Å². The summed E-state index contributed by atoms with van der Waals surface area (Å²) in [5.41, 5.74) is 2.34. The van der Waals surface area contributed by atoms with Crippen LogP contribution in [0.5, 0.6) is 0 Å². The van der Waals surface area contributed by atoms with Crippen molar-refractivity contribution >= 4 is 40.6 Å². The second kappa shape index (κ2) is 9.07. The Balaban J connectivity index is 1.51. The number of aromatic nitrogens is 1. The molecule has 1 amide bonds. The van der Waals surface area contributed by atoms with Gasteiger partial charge in [-0.25, -0.2) is 4.98 Å². The number of aryl methyl sites for hydroxylation is 2. The van der Waals surface area contributed by atoms with Gasteiger partial charge in [0.15, 0.2) is 0 Å². The van der Waals surface area contributed by atoms with Crippen LogP contribution in [0.4, 0.5) is 0 Å². The number of rotatable bonds is 5. The number of pyridine rings is 1. The van der Waals surface area contributed by atoms with Crippen molar-refractivity contribution in [2.24, 2.45) is 0 Å². The van der Waals surface area contributed by atoms with Crippen molar-refractivity contribution < 1.29 is 4.79 Å². The van der Waals surface area contributed by atoms with Crippen LogP contribution >= 0.6 is 34.7 Å². The van der Waals surface area contributed by atoms with Crippen molar-refractivity contribution in [3.05, 3.63) is 44.2 Å². The number of carbonyl (C=O) groups excluding carboxylic acids is 1. The first-order valence-electron chi connectivity index (χ1n) is 8.71. The normalized spacial score (nSPS) is 15.0. The van der Waals surface area contributed by atoms with Crippen molar-refractivity contribution in [1.29, 1.82) is 5.26 Å². The van der Waals surface area contributed by atoms with Crippen LogP contribution in [0.2, 0.25) is 4.34 Å². The summed E-state index contributed by atoms with van der Waals surface area (Å²) in [6.07, 6.45) is 0. The lowest BCUT2D eigenvalue weighted by Gasteiger charge is -2.34. The largest absolute Gasteiger partial charge is 0.339 e. The summed E-state index contributed by atoms with van der Waals surface area (Å²) in [5.74, 6) is 0.411. The van der Waals surface area contributed by atoms with Crippen LogP contribution < -0.4 is 0 Å². The summed E-state index contributed by atoms with van der Waals surface area (Å²) in [5, 5.41) is 9.99. The van der Waals surface area contributed by atoms with E-state index in [1.54, 1.807) is 11.3 Å². The average Bonchev–Trinajstić information content (AvgIpc) is 3.04. The van der Waals surface area contributed by atoms with Gasteiger partial charge in [0.1, 0.15) is 11.1 Å². The summed E-state index contributed by atoms with van der Waals surface area (Å²) in [6.45, 7) is 7.85. The van der Waals surface area contributed by atoms with E-state index in [1.165, 1.54) is 16.6 Å². The van der Waals surface area contributed by atoms with E-state index in [-0.39, 0.29) is 5.91 Å². The van der Waals surface area contributed by atoms with Gasteiger partial charge < -0.3 is 4.90 Å². The highest BCUT2D eigenvalue weighted by atomic mass is 35.5. The molecule has 0 unspecified atom stereocenters. The smallest absolute Gasteiger partial charge is 0.233 e. The van der Waals surface area contributed by atoms with Crippen LogP contribution in [-0.4, -0.2) is 52.6 Å². The molecule has 8 heteroatoms. The number of hydrogen-bond donors (Lipinski definition) is 0. The van der Waals surface area contributed by atoms with E-state index in [2.05, 4.69) is 22.0 Å². The quantitative estimate of drug-likeness (QED) is 0.690. The number of piperazine rings is 1. The molecule has 0 saturated carbocycles. The van der Waals surface area contributed by atoms with Crippen LogP contribution in [0.25, 0.3) is 0 Å². The monoisotopic (exact) mass is 420 g/mol. The molecule has 0 atom stereocenters. The van der Waals surface area contributed by atoms with Crippen LogP contribution in [-0.2, 0) is 11.3 Å². The zero-order valence-corrected chi connectivity index (χ0v) is 17.8. The Morgan fingerprint density at radius 3 is 2.70 bits per heavy atom. The molecule has 2 aromatic rings. The van der Waals surface area contributed by atoms with Crippen molar-refractivity contribution in [2.75, 3.05) is 31.9 Å². The Labute approximate surface area is 172 Å². The number of halogens is 1. The molecule has 27 heavy (non-hydrogen) atoms. The van der Waals surface area contributed by atoms with Gasteiger partial charge >= 0.3 is 0 Å². The molecule has 0 aromatic carbocycles. The number of thioether (sulfide) groups is 1. The van der Waals surface area contributed by atoms with E-state index in [0.717, 1.165) is 48.3 Å². The lowest BCUT2D eigenvalue weighted by molar-refractivity contribution is -0.130. The minimum Gasteiger partial charge on any atom is -0.339 e. The second-order valence-electron chi connectivity index (χ2n) is 6.52. The molecule has 1 aliphatic heterocycles. The van der Waals surface area contributed by atoms with Gasteiger partial charge in [-0.05, 0) is 37.6 Å². The predicted octanol–water partition coefficient (Wildman–Crippen LogP) is 3.72. The SMILES string of the molecule is Cc1cc(C)c(C#N)c(SCC(=O)N2CCN(Cc3ccc(Cl)s3)CC2)n1. The zero-order valence-electron chi connectivity index (χ0n) is 15.4. The molecule has 1 saturated heterocycles. The lowest BCUT2D eigenvalue weighted by Crippen LogP contribution is -2.48. The molecule has 0 aliphatic carbocycles. The predicted molar refractivity (Wildman–Crippen MR) is 110 cm³/mol. The van der Waals surface area contributed by atoms with E-state index in [4.69, 9.17) is 11.6 Å². The van der Waals surface area contributed by atoms with Gasteiger partial charge in [0.25, 0.3) is 0 Å². The minimum atomic E-state index is 0.101. The van der Waals surface area contributed by atoms with Gasteiger partial charge in [0.2, 0.25) is 5.91 Å². The topological polar surface area (TPSA) is 60.2 Å². The Bertz CT molecular complexity index is 869. The van der Waals surface area contributed by atoms with Crippen LogP contribution in [0.3, 0.4) is 0 Å². The first-order chi connectivity index (χ1) is 13.0. The molecular weight excluding hydrogens is 400 g/mol. The number of nitriles is 1. The molecule has 5 nitrogen and oxygen atoms in total. The summed E-state index contributed by atoms with van der Waals surface area (Å²) < 4.78 is 0.813. The Morgan fingerprint density at radius 2 is 2.07 bits per heavy atom. The number of amides is 1. The van der Waals surface area contributed by atoms with Crippen molar-refractivity contribution in [3.63, 3.8) is 0 Å². The third-order valence-corrected chi connectivity index (χ3v) is 6.66. The lowest BCUT2D eigenvalue weighted by atomic mass is 10.1. The van der Waals surface area contributed by atoms with E-state index in [9.17, 15) is 10.1 Å². The van der Waals surface area contributed by atoms with Crippen molar-refractivity contribution in [1.82, 2.24) is 14.8 Å². The molecule has 1 aliphatic rings. The highest BCUT2D eigenvalue weighted by Crippen LogP contribution is 2.25. The molecule has 0 bridgehead atoms. The Morgan fingerprint density at radius 1 is 1.33 bits per heavy atom. The number of nitrogens with zero attached hydrogens (tertiary/aromatic N) is 4. The number of carbonyl (C=O) groups is 1. The molecule has 1 fully saturated rings. The maximum absolute atomic E-state index is 12.6. The third kappa shape index (κ3) is 5.23. The molecule has 2 aromatic heterocycles. The molecule has 0 spiro atoms. The number of thiophene rings is 1. The van der Waals surface area contributed by atoms with Gasteiger partial charge in [0.05, 0.1) is 15.7 Å². The molecular formula is C19H21ClN4OS2. The maximum atomic E-state index is 12.6. The van der Waals surface area contributed by atoms with Gasteiger partial charge in [-0.3, -0.25) is 9.69 Å². The molecule has 3 rings (SSSR count). The zero-order chi connectivity index (χ0) is 19.4. The molecule has 0 N–H and O–H groups in total. The van der Waals surface area contributed by atoms with Crippen LogP contribution in [0, 0.1) is 25.2 Å². The minimum absolute atomic E-state index is 0.101. The first kappa shape index (κ1) is 20.2. The van der Waals surface area contributed by atoms with E-state index < -0.39 is 0 Å².